The van der Waals surface area contributed by atoms with Gasteiger partial charge in [0.1, 0.15) is 0 Å². The highest BCUT2D eigenvalue weighted by molar-refractivity contribution is 7.15. The molecule has 6 nitrogen and oxygen atoms in total. The van der Waals surface area contributed by atoms with Crippen molar-refractivity contribution in [1.29, 1.82) is 0 Å². The molecule has 0 bridgehead atoms. The number of fused-ring (bicyclic) bond motifs is 1. The predicted octanol–water partition coefficient (Wildman–Crippen LogP) is 0.799. The first kappa shape index (κ1) is 15.0. The molecule has 108 valence electrons. The number of aromatic nitrogens is 3. The van der Waals surface area contributed by atoms with Crippen molar-refractivity contribution < 1.29 is 0 Å². The maximum Gasteiger partial charge on any atom is 0.266 e. The lowest BCUT2D eigenvalue weighted by Crippen LogP contribution is -2.33. The Morgan fingerprint density at radius 2 is 2.30 bits per heavy atom. The highest BCUT2D eigenvalue weighted by atomic mass is 35.5. The molecule has 0 saturated carbocycles. The van der Waals surface area contributed by atoms with Crippen LogP contribution in [0.3, 0.4) is 0 Å². The van der Waals surface area contributed by atoms with Crippen LogP contribution in [0.5, 0.6) is 0 Å². The molecule has 3 heterocycles. The maximum atomic E-state index is 11.6. The van der Waals surface area contributed by atoms with Gasteiger partial charge in [-0.2, -0.15) is 5.10 Å². The smallest absolute Gasteiger partial charge is 0.266 e. The maximum absolute atomic E-state index is 11.6. The predicted molar refractivity (Wildman–Crippen MR) is 81.1 cm³/mol. The molecule has 0 radical (unpaired) electrons. The van der Waals surface area contributed by atoms with E-state index in [2.05, 4.69) is 15.0 Å². The molecule has 8 heteroatoms. The molecular weight excluding hydrogens is 298 g/mol. The van der Waals surface area contributed by atoms with Gasteiger partial charge in [0.05, 0.1) is 5.69 Å². The Morgan fingerprint density at radius 3 is 3.00 bits per heavy atom. The van der Waals surface area contributed by atoms with E-state index in [-0.39, 0.29) is 18.0 Å². The van der Waals surface area contributed by atoms with Crippen molar-refractivity contribution in [3.63, 3.8) is 0 Å². The largest absolute Gasteiger partial charge is 0.375 e. The molecule has 2 aromatic rings. The summed E-state index contributed by atoms with van der Waals surface area (Å²) in [6, 6.07) is 1.69. The van der Waals surface area contributed by atoms with Crippen molar-refractivity contribution in [2.45, 2.75) is 19.5 Å². The number of thiazole rings is 1. The Hall–Kier alpha value is -1.44. The van der Waals surface area contributed by atoms with E-state index in [9.17, 15) is 4.79 Å². The van der Waals surface area contributed by atoms with Crippen LogP contribution in [0.2, 0.25) is 0 Å². The molecular formula is C12H16ClN5OS. The van der Waals surface area contributed by atoms with E-state index in [1.807, 2.05) is 6.20 Å². The first-order valence-electron chi connectivity index (χ1n) is 6.10. The second kappa shape index (κ2) is 5.90. The minimum atomic E-state index is -0.0531. The molecule has 0 saturated heterocycles. The quantitative estimate of drug-likeness (QED) is 0.887. The van der Waals surface area contributed by atoms with Gasteiger partial charge in [-0.1, -0.05) is 0 Å². The Kier molecular flexibility index (Phi) is 4.42. The van der Waals surface area contributed by atoms with Crippen molar-refractivity contribution in [3.05, 3.63) is 38.8 Å². The number of anilines is 1. The van der Waals surface area contributed by atoms with Gasteiger partial charge >= 0.3 is 0 Å². The van der Waals surface area contributed by atoms with Crippen molar-refractivity contribution in [2.24, 2.45) is 7.05 Å². The molecule has 1 aliphatic heterocycles. The number of hydrogen-bond acceptors (Lipinski definition) is 6. The molecule has 2 N–H and O–H groups in total. The van der Waals surface area contributed by atoms with Crippen molar-refractivity contribution in [3.8, 4) is 0 Å². The average molecular weight is 314 g/mol. The molecule has 3 rings (SSSR count). The first-order valence-corrected chi connectivity index (χ1v) is 6.92. The lowest BCUT2D eigenvalue weighted by Gasteiger charge is -2.27. The van der Waals surface area contributed by atoms with Crippen LogP contribution in [0.4, 0.5) is 5.13 Å². The zero-order valence-corrected chi connectivity index (χ0v) is 12.7. The van der Waals surface area contributed by atoms with Crippen LogP contribution in [-0.2, 0) is 26.6 Å². The minimum Gasteiger partial charge on any atom is -0.375 e. The van der Waals surface area contributed by atoms with Gasteiger partial charge in [0.15, 0.2) is 5.13 Å². The van der Waals surface area contributed by atoms with Crippen LogP contribution in [0.15, 0.2) is 17.1 Å². The number of aryl methyl sites for hydroxylation is 1. The van der Waals surface area contributed by atoms with Gasteiger partial charge in [-0.05, 0) is 5.56 Å². The number of hydrogen-bond donors (Lipinski definition) is 1. The number of halogens is 1. The van der Waals surface area contributed by atoms with E-state index in [0.29, 0.717) is 5.13 Å². The lowest BCUT2D eigenvalue weighted by molar-refractivity contribution is 0.243. The summed E-state index contributed by atoms with van der Waals surface area (Å²) < 4.78 is 1.40. The van der Waals surface area contributed by atoms with Crippen molar-refractivity contribution in [2.75, 3.05) is 12.3 Å². The van der Waals surface area contributed by atoms with Crippen LogP contribution in [0, 0.1) is 0 Å². The summed E-state index contributed by atoms with van der Waals surface area (Å²) in [5, 5.41) is 4.91. The van der Waals surface area contributed by atoms with Crippen LogP contribution in [0.25, 0.3) is 0 Å². The standard InChI is InChI=1S/C12H15N5OS.ClH/c1-16-11(18)4-8-6-17(3-2-10(8)15-16)7-9-5-14-12(13)19-9;/h4-5H,2-3,6-7H2,1H3,(H2,13,14);1H. The molecule has 2 aromatic heterocycles. The number of nitrogens with zero attached hydrogens (tertiary/aromatic N) is 4. The molecule has 20 heavy (non-hydrogen) atoms. The molecule has 0 aromatic carbocycles. The summed E-state index contributed by atoms with van der Waals surface area (Å²) in [6.07, 6.45) is 2.69. The van der Waals surface area contributed by atoms with Crippen LogP contribution in [-0.4, -0.2) is 26.2 Å². The third-order valence-electron chi connectivity index (χ3n) is 3.27. The topological polar surface area (TPSA) is 77.0 Å². The van der Waals surface area contributed by atoms with Gasteiger partial charge in [0, 0.05) is 50.2 Å². The summed E-state index contributed by atoms with van der Waals surface area (Å²) in [4.78, 5) is 19.1. The van der Waals surface area contributed by atoms with Gasteiger partial charge in [-0.3, -0.25) is 9.69 Å². The zero-order valence-electron chi connectivity index (χ0n) is 11.1. The fourth-order valence-electron chi connectivity index (χ4n) is 2.30. The molecule has 0 aliphatic carbocycles. The lowest BCUT2D eigenvalue weighted by atomic mass is 10.1. The average Bonchev–Trinajstić information content (AvgIpc) is 2.77. The summed E-state index contributed by atoms with van der Waals surface area (Å²) in [7, 11) is 1.69. The minimum absolute atomic E-state index is 0. The summed E-state index contributed by atoms with van der Waals surface area (Å²) in [5.41, 5.74) is 7.64. The van der Waals surface area contributed by atoms with Crippen LogP contribution < -0.4 is 11.3 Å². The van der Waals surface area contributed by atoms with E-state index in [1.54, 1.807) is 13.1 Å². The normalized spacial score (nSPS) is 14.7. The Balaban J connectivity index is 0.00000147. The number of nitrogen functional groups attached to an aromatic ring is 1. The summed E-state index contributed by atoms with van der Waals surface area (Å²) >= 11 is 1.51. The highest BCUT2D eigenvalue weighted by Crippen LogP contribution is 2.21. The Bertz CT molecular complexity index is 668. The second-order valence-corrected chi connectivity index (χ2v) is 5.85. The fraction of sp³-hybridized carbons (Fsp3) is 0.417. The van der Waals surface area contributed by atoms with Crippen LogP contribution in [0.1, 0.15) is 16.1 Å². The first-order chi connectivity index (χ1) is 9.11. The SMILES string of the molecule is Cl.Cn1nc2c(cc1=O)CN(Cc1cnc(N)s1)CC2. The molecule has 1 aliphatic rings. The highest BCUT2D eigenvalue weighted by Gasteiger charge is 2.19. The van der Waals surface area contributed by atoms with E-state index < -0.39 is 0 Å². The fourth-order valence-corrected chi connectivity index (χ4v) is 3.03. The third-order valence-corrected chi connectivity index (χ3v) is 4.08. The van der Waals surface area contributed by atoms with Crippen molar-refractivity contribution >= 4 is 28.9 Å². The van der Waals surface area contributed by atoms with Gasteiger partial charge in [0.2, 0.25) is 0 Å². The van der Waals surface area contributed by atoms with E-state index in [1.165, 1.54) is 16.0 Å². The Morgan fingerprint density at radius 1 is 1.50 bits per heavy atom. The third kappa shape index (κ3) is 3.00. The molecule has 0 atom stereocenters. The van der Waals surface area contributed by atoms with Crippen molar-refractivity contribution in [1.82, 2.24) is 19.7 Å². The van der Waals surface area contributed by atoms with Gasteiger partial charge in [0.25, 0.3) is 5.56 Å². The number of rotatable bonds is 2. The second-order valence-electron chi connectivity index (χ2n) is 4.70. The van der Waals surface area contributed by atoms with Gasteiger partial charge < -0.3 is 5.73 Å². The van der Waals surface area contributed by atoms with Gasteiger partial charge in [-0.15, -0.1) is 23.7 Å². The molecule has 0 amide bonds. The molecule has 0 fully saturated rings. The van der Waals surface area contributed by atoms with E-state index in [4.69, 9.17) is 5.73 Å². The van der Waals surface area contributed by atoms with E-state index >= 15 is 0 Å². The van der Waals surface area contributed by atoms with E-state index in [0.717, 1.165) is 42.2 Å². The van der Waals surface area contributed by atoms with Gasteiger partial charge in [-0.25, -0.2) is 9.67 Å². The summed E-state index contributed by atoms with van der Waals surface area (Å²) in [6.45, 7) is 2.52. The summed E-state index contributed by atoms with van der Waals surface area (Å²) in [5.74, 6) is 0. The monoisotopic (exact) mass is 313 g/mol. The molecule has 0 unspecified atom stereocenters. The Labute approximate surface area is 126 Å². The zero-order chi connectivity index (χ0) is 13.4. The number of nitrogens with two attached hydrogens (primary N) is 1. The van der Waals surface area contributed by atoms with Crippen LogP contribution >= 0.6 is 23.7 Å². The molecule has 0 spiro atoms.